The number of rotatable bonds is 1. The molecule has 4 nitrogen and oxygen atoms in total. The number of carbonyl (C=O) groups is 1. The molecule has 1 heterocycles. The Bertz CT molecular complexity index is 384. The minimum absolute atomic E-state index is 0.0134. The summed E-state index contributed by atoms with van der Waals surface area (Å²) in [7, 11) is 0. The van der Waals surface area contributed by atoms with Gasteiger partial charge in [-0.1, -0.05) is 25.4 Å². The number of H-pyrrole nitrogens is 1. The van der Waals surface area contributed by atoms with Crippen LogP contribution in [0, 0.1) is 0 Å². The number of pyridine rings is 1. The summed E-state index contributed by atoms with van der Waals surface area (Å²) < 4.78 is 0. The molecule has 0 bridgehead atoms. The van der Waals surface area contributed by atoms with E-state index in [0.29, 0.717) is 0 Å². The van der Waals surface area contributed by atoms with Gasteiger partial charge in [-0.3, -0.25) is 9.59 Å². The summed E-state index contributed by atoms with van der Waals surface area (Å²) in [5, 5.41) is 8.59. The summed E-state index contributed by atoms with van der Waals surface area (Å²) in [4.78, 5) is 24.1. The van der Waals surface area contributed by atoms with Crippen molar-refractivity contribution >= 4 is 17.4 Å². The molecule has 0 saturated carbocycles. The monoisotopic (exact) mass is 217 g/mol. The molecule has 1 aromatic rings. The lowest BCUT2D eigenvalue weighted by Gasteiger charge is -1.98. The van der Waals surface area contributed by atoms with Gasteiger partial charge in [-0.2, -0.15) is 0 Å². The van der Waals surface area contributed by atoms with Crippen LogP contribution in [0.3, 0.4) is 0 Å². The van der Waals surface area contributed by atoms with E-state index in [1.807, 2.05) is 13.8 Å². The predicted molar refractivity (Wildman–Crippen MR) is 55.1 cm³/mol. The van der Waals surface area contributed by atoms with Crippen molar-refractivity contribution < 1.29 is 9.90 Å². The first kappa shape index (κ1) is 12.7. The summed E-state index contributed by atoms with van der Waals surface area (Å²) in [5.41, 5.74) is -0.722. The zero-order valence-corrected chi connectivity index (χ0v) is 8.97. The van der Waals surface area contributed by atoms with Crippen LogP contribution in [0.4, 0.5) is 0 Å². The lowest BCUT2D eigenvalue weighted by Crippen LogP contribution is -2.09. The van der Waals surface area contributed by atoms with E-state index >= 15 is 0 Å². The van der Waals surface area contributed by atoms with E-state index < -0.39 is 11.2 Å². The molecule has 5 heteroatoms. The van der Waals surface area contributed by atoms with Crippen LogP contribution in [0.1, 0.15) is 31.3 Å². The van der Waals surface area contributed by atoms with Crippen molar-refractivity contribution in [3.05, 3.63) is 27.1 Å². The van der Waals surface area contributed by atoms with Crippen LogP contribution in [-0.2, 0) is 0 Å². The topological polar surface area (TPSA) is 70.2 Å². The molecule has 0 atom stereocenters. The molecule has 78 valence electrons. The molecular formula is C9H12ClNO3. The summed E-state index contributed by atoms with van der Waals surface area (Å²) in [5.74, 6) is -0.845. The van der Waals surface area contributed by atoms with Crippen molar-refractivity contribution in [3.8, 4) is 5.75 Å². The third-order valence-electron chi connectivity index (χ3n) is 1.36. The van der Waals surface area contributed by atoms with Crippen molar-refractivity contribution in [1.29, 1.82) is 0 Å². The van der Waals surface area contributed by atoms with E-state index in [-0.39, 0.29) is 16.5 Å². The highest BCUT2D eigenvalue weighted by Crippen LogP contribution is 2.11. The van der Waals surface area contributed by atoms with Crippen molar-refractivity contribution in [2.24, 2.45) is 0 Å². The lowest BCUT2D eigenvalue weighted by atomic mass is 10.2. The van der Waals surface area contributed by atoms with Gasteiger partial charge in [0, 0.05) is 13.1 Å². The van der Waals surface area contributed by atoms with Gasteiger partial charge in [0.25, 0.3) is 0 Å². The molecule has 1 aromatic heterocycles. The van der Waals surface area contributed by atoms with Crippen LogP contribution >= 0.6 is 11.6 Å². The van der Waals surface area contributed by atoms with Gasteiger partial charge >= 0.3 is 0 Å². The molecule has 0 fully saturated rings. The second-order valence-electron chi connectivity index (χ2n) is 2.25. The number of ketones is 1. The highest BCUT2D eigenvalue weighted by molar-refractivity contribution is 6.33. The third kappa shape index (κ3) is 2.60. The number of carbonyl (C=O) groups excluding carboxylic acids is 1. The van der Waals surface area contributed by atoms with E-state index in [1.165, 1.54) is 6.92 Å². The molecule has 0 unspecified atom stereocenters. The maximum absolute atomic E-state index is 10.9. The molecule has 14 heavy (non-hydrogen) atoms. The number of aromatic hydroxyl groups is 1. The van der Waals surface area contributed by atoms with E-state index in [1.54, 1.807) is 0 Å². The Hall–Kier alpha value is -1.29. The fourth-order valence-electron chi connectivity index (χ4n) is 0.752. The van der Waals surface area contributed by atoms with Gasteiger partial charge in [-0.15, -0.1) is 0 Å². The quantitative estimate of drug-likeness (QED) is 0.707. The minimum atomic E-state index is -0.736. The van der Waals surface area contributed by atoms with Gasteiger partial charge in [-0.25, -0.2) is 0 Å². The predicted octanol–water partition coefficient (Wildman–Crippen LogP) is 1.96. The molecule has 1 rings (SSSR count). The zero-order valence-electron chi connectivity index (χ0n) is 8.22. The first-order valence-electron chi connectivity index (χ1n) is 4.15. The number of halogens is 1. The number of hydrogen-bond donors (Lipinski definition) is 2. The first-order valence-corrected chi connectivity index (χ1v) is 4.53. The highest BCUT2D eigenvalue weighted by atomic mass is 35.5. The summed E-state index contributed by atoms with van der Waals surface area (Å²) in [6.07, 6.45) is 1.03. The van der Waals surface area contributed by atoms with Gasteiger partial charge in [0.15, 0.2) is 11.5 Å². The minimum Gasteiger partial charge on any atom is -0.503 e. The van der Waals surface area contributed by atoms with Crippen LogP contribution in [0.15, 0.2) is 11.0 Å². The molecule has 2 N–H and O–H groups in total. The molecular weight excluding hydrogens is 206 g/mol. The van der Waals surface area contributed by atoms with Gasteiger partial charge in [-0.05, 0) is 0 Å². The Kier molecular flexibility index (Phi) is 4.94. The van der Waals surface area contributed by atoms with Crippen LogP contribution in [0.5, 0.6) is 5.75 Å². The fourth-order valence-corrected chi connectivity index (χ4v) is 1.04. The zero-order chi connectivity index (χ0) is 11.3. The van der Waals surface area contributed by atoms with Crippen LogP contribution in [-0.4, -0.2) is 15.9 Å². The number of nitrogens with one attached hydrogen (secondary N) is 1. The van der Waals surface area contributed by atoms with Crippen molar-refractivity contribution in [2.75, 3.05) is 0 Å². The third-order valence-corrected chi connectivity index (χ3v) is 1.72. The van der Waals surface area contributed by atoms with Crippen molar-refractivity contribution in [3.63, 3.8) is 0 Å². The van der Waals surface area contributed by atoms with E-state index in [4.69, 9.17) is 16.7 Å². The average Bonchev–Trinajstić information content (AvgIpc) is 2.17. The first-order chi connectivity index (χ1) is 6.54. The number of hydrogen-bond acceptors (Lipinski definition) is 3. The molecule has 0 aliphatic heterocycles. The number of Topliss-reactive ketones (excluding diaryl/α,β-unsaturated/α-hetero) is 1. The number of aromatic amines is 1. The largest absolute Gasteiger partial charge is 0.503 e. The van der Waals surface area contributed by atoms with Gasteiger partial charge in [0.1, 0.15) is 10.7 Å². The van der Waals surface area contributed by atoms with Crippen LogP contribution in [0.2, 0.25) is 5.02 Å². The molecule has 0 aliphatic rings. The Morgan fingerprint density at radius 3 is 2.43 bits per heavy atom. The van der Waals surface area contributed by atoms with E-state index in [2.05, 4.69) is 4.98 Å². The standard InChI is InChI=1S/C7H6ClNO3.C2H6/c1-3(10)6-5(8)7(12)4(11)2-9-6;1-2/h2,11H,1H3,(H,9,12);1-2H3. The molecule has 0 radical (unpaired) electrons. The number of aromatic nitrogens is 1. The fraction of sp³-hybridized carbons (Fsp3) is 0.333. The summed E-state index contributed by atoms with van der Waals surface area (Å²) in [6.45, 7) is 5.27. The average molecular weight is 218 g/mol. The summed E-state index contributed by atoms with van der Waals surface area (Å²) >= 11 is 5.47. The van der Waals surface area contributed by atoms with Crippen molar-refractivity contribution in [1.82, 2.24) is 4.98 Å². The Labute approximate surface area is 86.5 Å². The molecule has 0 saturated heterocycles. The second kappa shape index (κ2) is 5.44. The molecule has 0 aromatic carbocycles. The van der Waals surface area contributed by atoms with Gasteiger partial charge in [0.2, 0.25) is 5.43 Å². The molecule has 0 aliphatic carbocycles. The maximum Gasteiger partial charge on any atom is 0.242 e. The Morgan fingerprint density at radius 2 is 2.00 bits per heavy atom. The summed E-state index contributed by atoms with van der Waals surface area (Å²) in [6, 6.07) is 0. The Balaban J connectivity index is 0.000000791. The second-order valence-corrected chi connectivity index (χ2v) is 2.63. The molecule has 0 spiro atoms. The van der Waals surface area contributed by atoms with E-state index in [9.17, 15) is 9.59 Å². The maximum atomic E-state index is 10.9. The van der Waals surface area contributed by atoms with Crippen LogP contribution in [0.25, 0.3) is 0 Å². The smallest absolute Gasteiger partial charge is 0.242 e. The lowest BCUT2D eigenvalue weighted by molar-refractivity contribution is 0.101. The van der Waals surface area contributed by atoms with Gasteiger partial charge < -0.3 is 10.1 Å². The van der Waals surface area contributed by atoms with Crippen LogP contribution < -0.4 is 5.43 Å². The van der Waals surface area contributed by atoms with Gasteiger partial charge in [0.05, 0.1) is 0 Å². The van der Waals surface area contributed by atoms with Crippen molar-refractivity contribution in [2.45, 2.75) is 20.8 Å². The van der Waals surface area contributed by atoms with E-state index in [0.717, 1.165) is 6.20 Å². The normalized spacial score (nSPS) is 8.86. The highest BCUT2D eigenvalue weighted by Gasteiger charge is 2.11. The Morgan fingerprint density at radius 1 is 1.50 bits per heavy atom. The SMILES string of the molecule is CC.CC(=O)c1[nH]cc(O)c(=O)c1Cl. The molecule has 0 amide bonds.